The minimum Gasteiger partial charge on any atom is -0.384 e. The second-order valence-corrected chi connectivity index (χ2v) is 6.88. The molecule has 0 saturated heterocycles. The Morgan fingerprint density at radius 3 is 2.95 bits per heavy atom. The number of fused-ring (bicyclic) bond motifs is 1. The molecule has 2 aromatic rings. The second kappa shape index (κ2) is 5.78. The van der Waals surface area contributed by atoms with Crippen LogP contribution in [0.3, 0.4) is 0 Å². The Bertz CT molecular complexity index is 602. The van der Waals surface area contributed by atoms with E-state index in [9.17, 15) is 0 Å². The lowest BCUT2D eigenvalue weighted by Crippen LogP contribution is -2.12. The Kier molecular flexibility index (Phi) is 4.06. The van der Waals surface area contributed by atoms with Crippen LogP contribution in [0, 0.1) is 0 Å². The predicted molar refractivity (Wildman–Crippen MR) is 87.5 cm³/mol. The highest BCUT2D eigenvalue weighted by molar-refractivity contribution is 9.10. The molecule has 1 unspecified atom stereocenters. The van der Waals surface area contributed by atoms with Crippen molar-refractivity contribution in [1.29, 1.82) is 0 Å². The van der Waals surface area contributed by atoms with E-state index in [1.807, 2.05) is 30.0 Å². The van der Waals surface area contributed by atoms with Gasteiger partial charge in [-0.25, -0.2) is 0 Å². The van der Waals surface area contributed by atoms with E-state index in [1.54, 1.807) is 0 Å². The van der Waals surface area contributed by atoms with Crippen molar-refractivity contribution in [1.82, 2.24) is 0 Å². The van der Waals surface area contributed by atoms with E-state index in [0.29, 0.717) is 5.92 Å². The number of hydrogen-bond acceptors (Lipinski definition) is 2. The molecule has 1 nitrogen and oxygen atoms in total. The number of halogens is 2. The van der Waals surface area contributed by atoms with Gasteiger partial charge in [-0.2, -0.15) is 0 Å². The Hall–Kier alpha value is -0.640. The van der Waals surface area contributed by atoms with Crippen LogP contribution in [0.2, 0.25) is 5.02 Å². The molecule has 0 aliphatic carbocycles. The standard InChI is InChI=1S/C15H13BrClNS/c16-13-7-11(5-6-14(13)17)18-8-10-9-19-15-4-2-1-3-12(10)15/h1-7,10,18H,8-9H2. The number of hydrogen-bond donors (Lipinski definition) is 1. The van der Waals surface area contributed by atoms with Crippen LogP contribution in [-0.2, 0) is 0 Å². The van der Waals surface area contributed by atoms with Gasteiger partial charge in [0.2, 0.25) is 0 Å². The van der Waals surface area contributed by atoms with Gasteiger partial charge in [0.05, 0.1) is 5.02 Å². The van der Waals surface area contributed by atoms with E-state index in [2.05, 4.69) is 45.5 Å². The number of nitrogens with one attached hydrogen (secondary N) is 1. The summed E-state index contributed by atoms with van der Waals surface area (Å²) < 4.78 is 0.931. The summed E-state index contributed by atoms with van der Waals surface area (Å²) in [7, 11) is 0. The van der Waals surface area contributed by atoms with Gasteiger partial charge in [-0.3, -0.25) is 0 Å². The molecule has 1 heterocycles. The molecule has 19 heavy (non-hydrogen) atoms. The zero-order valence-corrected chi connectivity index (χ0v) is 13.4. The van der Waals surface area contributed by atoms with Crippen molar-refractivity contribution in [2.45, 2.75) is 10.8 Å². The van der Waals surface area contributed by atoms with Gasteiger partial charge in [-0.1, -0.05) is 29.8 Å². The first-order valence-corrected chi connectivity index (χ1v) is 8.30. The van der Waals surface area contributed by atoms with Gasteiger partial charge in [-0.15, -0.1) is 11.8 Å². The number of thioether (sulfide) groups is 1. The lowest BCUT2D eigenvalue weighted by Gasteiger charge is -2.13. The Balaban J connectivity index is 1.69. The summed E-state index contributed by atoms with van der Waals surface area (Å²) in [6.45, 7) is 0.956. The summed E-state index contributed by atoms with van der Waals surface area (Å²) in [6, 6.07) is 14.6. The van der Waals surface area contributed by atoms with Crippen molar-refractivity contribution in [3.8, 4) is 0 Å². The van der Waals surface area contributed by atoms with Crippen molar-refractivity contribution in [3.63, 3.8) is 0 Å². The first-order valence-electron chi connectivity index (χ1n) is 6.14. The van der Waals surface area contributed by atoms with E-state index in [0.717, 1.165) is 27.5 Å². The molecular formula is C15H13BrClNS. The largest absolute Gasteiger partial charge is 0.384 e. The second-order valence-electron chi connectivity index (χ2n) is 4.56. The lowest BCUT2D eigenvalue weighted by molar-refractivity contribution is 0.819. The number of rotatable bonds is 3. The third kappa shape index (κ3) is 2.93. The molecule has 0 fully saturated rings. The summed E-state index contributed by atoms with van der Waals surface area (Å²) >= 11 is 11.4. The minimum atomic E-state index is 0.579. The average Bonchev–Trinajstić information content (AvgIpc) is 2.83. The molecule has 3 rings (SSSR count). The van der Waals surface area contributed by atoms with Crippen LogP contribution in [0.15, 0.2) is 51.8 Å². The molecule has 0 amide bonds. The molecule has 0 radical (unpaired) electrons. The van der Waals surface area contributed by atoms with Crippen molar-refractivity contribution in [2.24, 2.45) is 0 Å². The van der Waals surface area contributed by atoms with Crippen LogP contribution in [0.4, 0.5) is 5.69 Å². The molecular weight excluding hydrogens is 342 g/mol. The van der Waals surface area contributed by atoms with E-state index < -0.39 is 0 Å². The normalized spacial score (nSPS) is 17.3. The van der Waals surface area contributed by atoms with Gasteiger partial charge in [0.15, 0.2) is 0 Å². The SMILES string of the molecule is Clc1ccc(NCC2CSc3ccccc32)cc1Br. The summed E-state index contributed by atoms with van der Waals surface area (Å²) in [5.41, 5.74) is 2.57. The molecule has 0 bridgehead atoms. The Morgan fingerprint density at radius 2 is 2.11 bits per heavy atom. The van der Waals surface area contributed by atoms with Crippen LogP contribution in [0.5, 0.6) is 0 Å². The molecule has 1 aliphatic rings. The average molecular weight is 355 g/mol. The fourth-order valence-corrected chi connectivity index (χ4v) is 4.00. The predicted octanol–water partition coefficient (Wildman–Crippen LogP) is 5.40. The quantitative estimate of drug-likeness (QED) is 0.791. The fourth-order valence-electron chi connectivity index (χ4n) is 2.25. The molecule has 1 aliphatic heterocycles. The van der Waals surface area contributed by atoms with Gasteiger partial charge in [-0.05, 0) is 45.8 Å². The summed E-state index contributed by atoms with van der Waals surface area (Å²) in [5, 5.41) is 4.24. The molecule has 4 heteroatoms. The van der Waals surface area contributed by atoms with Gasteiger partial charge >= 0.3 is 0 Å². The maximum absolute atomic E-state index is 6.00. The molecule has 0 spiro atoms. The van der Waals surface area contributed by atoms with Gasteiger partial charge in [0.25, 0.3) is 0 Å². The first kappa shape index (κ1) is 13.3. The van der Waals surface area contributed by atoms with Gasteiger partial charge in [0, 0.05) is 33.3 Å². The van der Waals surface area contributed by atoms with Crippen molar-refractivity contribution >= 4 is 45.0 Å². The first-order chi connectivity index (χ1) is 9.24. The van der Waals surface area contributed by atoms with Crippen molar-refractivity contribution < 1.29 is 0 Å². The highest BCUT2D eigenvalue weighted by atomic mass is 79.9. The molecule has 0 saturated carbocycles. The molecule has 98 valence electrons. The van der Waals surface area contributed by atoms with Crippen LogP contribution in [0.1, 0.15) is 11.5 Å². The third-order valence-corrected chi connectivity index (χ3v) is 5.74. The van der Waals surface area contributed by atoms with Crippen LogP contribution >= 0.6 is 39.3 Å². The molecule has 0 aromatic heterocycles. The zero-order valence-electron chi connectivity index (χ0n) is 10.2. The maximum atomic E-state index is 6.00. The topological polar surface area (TPSA) is 12.0 Å². The van der Waals surface area contributed by atoms with E-state index >= 15 is 0 Å². The fraction of sp³-hybridized carbons (Fsp3) is 0.200. The molecule has 1 atom stereocenters. The Morgan fingerprint density at radius 1 is 1.26 bits per heavy atom. The highest BCUT2D eigenvalue weighted by Crippen LogP contribution is 2.39. The third-order valence-electron chi connectivity index (χ3n) is 3.27. The van der Waals surface area contributed by atoms with Crippen molar-refractivity contribution in [3.05, 3.63) is 57.5 Å². The molecule has 1 N–H and O–H groups in total. The van der Waals surface area contributed by atoms with Gasteiger partial charge in [0.1, 0.15) is 0 Å². The smallest absolute Gasteiger partial charge is 0.0549 e. The number of anilines is 1. The minimum absolute atomic E-state index is 0.579. The Labute approximate surface area is 130 Å². The number of benzene rings is 2. The monoisotopic (exact) mass is 353 g/mol. The highest BCUT2D eigenvalue weighted by Gasteiger charge is 2.22. The van der Waals surface area contributed by atoms with Crippen molar-refractivity contribution in [2.75, 3.05) is 17.6 Å². The van der Waals surface area contributed by atoms with Crippen LogP contribution in [-0.4, -0.2) is 12.3 Å². The van der Waals surface area contributed by atoms with E-state index in [-0.39, 0.29) is 0 Å². The summed E-state index contributed by atoms with van der Waals surface area (Å²) in [4.78, 5) is 1.42. The summed E-state index contributed by atoms with van der Waals surface area (Å²) in [6.07, 6.45) is 0. The molecule has 2 aromatic carbocycles. The zero-order chi connectivity index (χ0) is 13.2. The van der Waals surface area contributed by atoms with Gasteiger partial charge < -0.3 is 5.32 Å². The van der Waals surface area contributed by atoms with E-state index in [4.69, 9.17) is 11.6 Å². The maximum Gasteiger partial charge on any atom is 0.0549 e. The van der Waals surface area contributed by atoms with Crippen LogP contribution in [0.25, 0.3) is 0 Å². The van der Waals surface area contributed by atoms with E-state index in [1.165, 1.54) is 10.5 Å². The van der Waals surface area contributed by atoms with Crippen LogP contribution < -0.4 is 5.32 Å². The summed E-state index contributed by atoms with van der Waals surface area (Å²) in [5.74, 6) is 1.73. The lowest BCUT2D eigenvalue weighted by atomic mass is 10.0.